The van der Waals surface area contributed by atoms with Gasteiger partial charge in [-0.3, -0.25) is 19.6 Å². The van der Waals surface area contributed by atoms with Crippen LogP contribution in [0.5, 0.6) is 0 Å². The zero-order chi connectivity index (χ0) is 24.2. The van der Waals surface area contributed by atoms with Crippen LogP contribution >= 0.6 is 24.8 Å². The molecule has 0 radical (unpaired) electrons. The van der Waals surface area contributed by atoms with Crippen LogP contribution in [0.2, 0.25) is 0 Å². The van der Waals surface area contributed by atoms with E-state index in [-0.39, 0.29) is 43.3 Å². The Kier molecular flexibility index (Phi) is 10.6. The Balaban J connectivity index is 0.00000190. The number of carboxylic acids is 1. The van der Waals surface area contributed by atoms with Gasteiger partial charge in [0.2, 0.25) is 0 Å². The maximum atomic E-state index is 13.4. The lowest BCUT2D eigenvalue weighted by Crippen LogP contribution is -2.41. The quantitative estimate of drug-likeness (QED) is 0.515. The topological polar surface area (TPSA) is 77.0 Å². The highest BCUT2D eigenvalue weighted by molar-refractivity contribution is 5.94. The highest BCUT2D eigenvalue weighted by atomic mass is 35.5. The third-order valence-electron chi connectivity index (χ3n) is 8.09. The molecule has 0 bridgehead atoms. The molecule has 7 nitrogen and oxygen atoms in total. The van der Waals surface area contributed by atoms with E-state index in [4.69, 9.17) is 5.11 Å². The summed E-state index contributed by atoms with van der Waals surface area (Å²) in [5.74, 6) is -0.224. The Hall–Kier alpha value is -2.35. The Bertz CT molecular complexity index is 1050. The van der Waals surface area contributed by atoms with Crippen LogP contribution in [0.4, 0.5) is 10.5 Å². The maximum Gasteiger partial charge on any atom is 0.324 e. The van der Waals surface area contributed by atoms with Crippen molar-refractivity contribution < 1.29 is 14.7 Å². The van der Waals surface area contributed by atoms with E-state index in [1.807, 2.05) is 23.4 Å². The van der Waals surface area contributed by atoms with E-state index in [9.17, 15) is 9.59 Å². The number of halogens is 2. The molecule has 1 aliphatic carbocycles. The first-order chi connectivity index (χ1) is 17.1. The maximum absolute atomic E-state index is 13.4. The van der Waals surface area contributed by atoms with Crippen LogP contribution in [-0.4, -0.2) is 64.1 Å². The molecule has 0 spiro atoms. The number of rotatable bonds is 7. The summed E-state index contributed by atoms with van der Waals surface area (Å²) in [5, 5.41) is 8.94. The number of hydrogen-bond acceptors (Lipinski definition) is 4. The van der Waals surface area contributed by atoms with E-state index >= 15 is 0 Å². The third-order valence-corrected chi connectivity index (χ3v) is 8.09. The van der Waals surface area contributed by atoms with Crippen LogP contribution in [0, 0.1) is 5.92 Å². The second-order valence-electron chi connectivity index (χ2n) is 10.3. The molecule has 1 aromatic carbocycles. The van der Waals surface area contributed by atoms with Gasteiger partial charge in [0.05, 0.1) is 0 Å². The summed E-state index contributed by atoms with van der Waals surface area (Å²) in [7, 11) is 0. The molecule has 1 aromatic heterocycles. The number of carbonyl (C=O) groups excluding carboxylic acids is 1. The van der Waals surface area contributed by atoms with Crippen LogP contribution < -0.4 is 4.90 Å². The standard InChI is InChI=1S/C28H36N4O3.2ClH/c33-27(34)10-5-21-3-7-25(8-4-21)31-16-17-32(28(31)35)26-9-6-23-11-14-30(15-12-24(23)18-26)20-22-2-1-13-29-19-22;;/h1-2,6,9,13,18-19,21,25H,3-5,7-8,10-12,14-17,20H2,(H,33,34);2*1H. The molecule has 2 aromatic rings. The number of hydrogen-bond donors (Lipinski definition) is 1. The minimum atomic E-state index is -0.709. The average molecular weight is 550 g/mol. The number of amides is 2. The molecule has 202 valence electrons. The van der Waals surface area contributed by atoms with Crippen molar-refractivity contribution in [1.29, 1.82) is 0 Å². The molecule has 5 rings (SSSR count). The molecule has 1 saturated heterocycles. The largest absolute Gasteiger partial charge is 0.481 e. The van der Waals surface area contributed by atoms with Gasteiger partial charge in [0, 0.05) is 63.3 Å². The smallest absolute Gasteiger partial charge is 0.324 e. The first-order valence-electron chi connectivity index (χ1n) is 13.1. The molecule has 2 aliphatic heterocycles. The fourth-order valence-electron chi connectivity index (χ4n) is 6.04. The number of carbonyl (C=O) groups is 2. The minimum Gasteiger partial charge on any atom is -0.481 e. The number of fused-ring (bicyclic) bond motifs is 1. The normalized spacial score (nSPS) is 22.0. The van der Waals surface area contributed by atoms with Gasteiger partial charge in [0.15, 0.2) is 0 Å². The fourth-order valence-corrected chi connectivity index (χ4v) is 6.04. The van der Waals surface area contributed by atoms with E-state index in [0.717, 1.165) is 83.4 Å². The second-order valence-corrected chi connectivity index (χ2v) is 10.3. The minimum absolute atomic E-state index is 0. The summed E-state index contributed by atoms with van der Waals surface area (Å²) >= 11 is 0. The van der Waals surface area contributed by atoms with Gasteiger partial charge >= 0.3 is 12.0 Å². The predicted octanol–water partition coefficient (Wildman–Crippen LogP) is 5.19. The monoisotopic (exact) mass is 548 g/mol. The number of anilines is 1. The molecule has 1 saturated carbocycles. The van der Waals surface area contributed by atoms with Gasteiger partial charge in [0.1, 0.15) is 0 Å². The van der Waals surface area contributed by atoms with Gasteiger partial charge in [-0.1, -0.05) is 12.1 Å². The Labute approximate surface area is 232 Å². The van der Waals surface area contributed by atoms with E-state index in [1.54, 1.807) is 0 Å². The summed E-state index contributed by atoms with van der Waals surface area (Å²) in [6.07, 6.45) is 10.8. The molecular formula is C28H38Cl2N4O3. The van der Waals surface area contributed by atoms with Gasteiger partial charge in [-0.25, -0.2) is 4.79 Å². The van der Waals surface area contributed by atoms with E-state index in [0.29, 0.717) is 5.92 Å². The highest BCUT2D eigenvalue weighted by Crippen LogP contribution is 2.33. The fraction of sp³-hybridized carbons (Fsp3) is 0.536. The lowest BCUT2D eigenvalue weighted by molar-refractivity contribution is -0.137. The molecule has 0 unspecified atom stereocenters. The average Bonchev–Trinajstić information content (AvgIpc) is 3.14. The number of carboxylic acid groups (broad SMARTS) is 1. The van der Waals surface area contributed by atoms with Crippen LogP contribution in [0.25, 0.3) is 0 Å². The molecule has 0 atom stereocenters. The first-order valence-corrected chi connectivity index (χ1v) is 13.1. The van der Waals surface area contributed by atoms with Crippen LogP contribution in [0.15, 0.2) is 42.7 Å². The Morgan fingerprint density at radius 1 is 0.973 bits per heavy atom. The van der Waals surface area contributed by atoms with Crippen LogP contribution in [-0.2, 0) is 24.2 Å². The lowest BCUT2D eigenvalue weighted by atomic mass is 9.83. The van der Waals surface area contributed by atoms with Crippen molar-refractivity contribution >= 4 is 42.5 Å². The van der Waals surface area contributed by atoms with Crippen molar-refractivity contribution in [2.24, 2.45) is 5.92 Å². The molecule has 2 amide bonds. The van der Waals surface area contributed by atoms with Gasteiger partial charge < -0.3 is 10.0 Å². The van der Waals surface area contributed by atoms with E-state index in [1.165, 1.54) is 16.7 Å². The molecule has 9 heteroatoms. The van der Waals surface area contributed by atoms with E-state index < -0.39 is 5.97 Å². The summed E-state index contributed by atoms with van der Waals surface area (Å²) in [6, 6.07) is 11.1. The van der Waals surface area contributed by atoms with E-state index in [2.05, 4.69) is 39.0 Å². The van der Waals surface area contributed by atoms with Crippen molar-refractivity contribution in [3.05, 3.63) is 59.4 Å². The highest BCUT2D eigenvalue weighted by Gasteiger charge is 2.36. The molecule has 1 N–H and O–H groups in total. The van der Waals surface area contributed by atoms with Gasteiger partial charge in [0.25, 0.3) is 0 Å². The SMILES string of the molecule is Cl.Cl.O=C(O)CCC1CCC(N2CCN(c3ccc4c(c3)CCN(Cc3cccnc3)CC4)C2=O)CC1. The second kappa shape index (κ2) is 13.4. The summed E-state index contributed by atoms with van der Waals surface area (Å²) in [4.78, 5) is 35.0. The zero-order valence-electron chi connectivity index (χ0n) is 21.3. The Morgan fingerprint density at radius 2 is 1.73 bits per heavy atom. The van der Waals surface area contributed by atoms with Crippen molar-refractivity contribution in [2.45, 2.75) is 64.0 Å². The van der Waals surface area contributed by atoms with Gasteiger partial charge in [-0.2, -0.15) is 0 Å². The summed E-state index contributed by atoms with van der Waals surface area (Å²) in [5.41, 5.74) is 5.02. The molecular weight excluding hydrogens is 511 g/mol. The Morgan fingerprint density at radius 3 is 2.43 bits per heavy atom. The molecule has 37 heavy (non-hydrogen) atoms. The van der Waals surface area contributed by atoms with Crippen molar-refractivity contribution in [1.82, 2.24) is 14.8 Å². The van der Waals surface area contributed by atoms with Crippen LogP contribution in [0.3, 0.4) is 0 Å². The third kappa shape index (κ3) is 7.15. The van der Waals surface area contributed by atoms with Gasteiger partial charge in [-0.15, -0.1) is 24.8 Å². The zero-order valence-corrected chi connectivity index (χ0v) is 22.9. The van der Waals surface area contributed by atoms with Crippen molar-refractivity contribution in [3.8, 4) is 0 Å². The number of aromatic nitrogens is 1. The summed E-state index contributed by atoms with van der Waals surface area (Å²) in [6.45, 7) is 4.49. The molecule has 2 fully saturated rings. The van der Waals surface area contributed by atoms with Gasteiger partial charge in [-0.05, 0) is 85.8 Å². The number of benzene rings is 1. The number of pyridine rings is 1. The molecule has 3 heterocycles. The number of nitrogens with zero attached hydrogens (tertiary/aromatic N) is 4. The summed E-state index contributed by atoms with van der Waals surface area (Å²) < 4.78 is 0. The molecule has 3 aliphatic rings. The van der Waals surface area contributed by atoms with Crippen LogP contribution in [0.1, 0.15) is 55.2 Å². The first kappa shape index (κ1) is 29.2. The van der Waals surface area contributed by atoms with Crippen molar-refractivity contribution in [3.63, 3.8) is 0 Å². The number of aliphatic carboxylic acids is 1. The van der Waals surface area contributed by atoms with Crippen molar-refractivity contribution in [2.75, 3.05) is 31.1 Å². The predicted molar refractivity (Wildman–Crippen MR) is 150 cm³/mol. The number of urea groups is 1. The lowest BCUT2D eigenvalue weighted by Gasteiger charge is -2.34.